The van der Waals surface area contributed by atoms with Crippen LogP contribution < -0.4 is 9.47 Å². The summed E-state index contributed by atoms with van der Waals surface area (Å²) in [5.41, 5.74) is 5.70. The number of thiophene rings is 1. The van der Waals surface area contributed by atoms with E-state index in [-0.39, 0.29) is 11.9 Å². The molecule has 30 heavy (non-hydrogen) atoms. The zero-order valence-electron chi connectivity index (χ0n) is 16.6. The Morgan fingerprint density at radius 3 is 2.70 bits per heavy atom. The molecule has 1 atom stereocenters. The van der Waals surface area contributed by atoms with Crippen molar-refractivity contribution in [3.05, 3.63) is 74.9 Å². The number of methoxy groups -OCH3 is 2. The largest absolute Gasteiger partial charge is 0.493 e. The van der Waals surface area contributed by atoms with E-state index in [1.165, 1.54) is 5.56 Å². The van der Waals surface area contributed by atoms with Crippen molar-refractivity contribution in [1.82, 2.24) is 9.88 Å². The number of fused-ring (bicyclic) bond motifs is 2. The average Bonchev–Trinajstić information content (AvgIpc) is 3.48. The Balaban J connectivity index is 1.61. The van der Waals surface area contributed by atoms with Crippen LogP contribution in [0.3, 0.4) is 0 Å². The molecule has 1 aliphatic heterocycles. The van der Waals surface area contributed by atoms with E-state index < -0.39 is 0 Å². The first-order valence-corrected chi connectivity index (χ1v) is 11.4. The maximum absolute atomic E-state index is 13.6. The maximum Gasteiger partial charge on any atom is 0.254 e. The number of carbonyl (C=O) groups is 1. The minimum atomic E-state index is -0.154. The average molecular weight is 437 g/mol. The molecule has 2 aromatic heterocycles. The van der Waals surface area contributed by atoms with E-state index in [0.29, 0.717) is 17.9 Å². The Labute approximate surface area is 182 Å². The summed E-state index contributed by atoms with van der Waals surface area (Å²) in [7, 11) is 3.29. The lowest BCUT2D eigenvalue weighted by atomic mass is 9.90. The zero-order valence-corrected chi connectivity index (χ0v) is 18.3. The van der Waals surface area contributed by atoms with E-state index in [1.54, 1.807) is 36.9 Å². The molecular formula is C23H20N2O3S2. The minimum Gasteiger partial charge on any atom is -0.493 e. The molecule has 0 saturated carbocycles. The number of nitrogens with zero attached hydrogens (tertiary/aromatic N) is 2. The highest BCUT2D eigenvalue weighted by molar-refractivity contribution is 7.16. The molecule has 1 aliphatic rings. The van der Waals surface area contributed by atoms with Gasteiger partial charge in [0.15, 0.2) is 11.5 Å². The third kappa shape index (κ3) is 3.14. The monoisotopic (exact) mass is 436 g/mol. The number of amides is 1. The van der Waals surface area contributed by atoms with Gasteiger partial charge in [0.05, 0.1) is 36.0 Å². The maximum atomic E-state index is 13.6. The van der Waals surface area contributed by atoms with E-state index in [9.17, 15) is 4.79 Å². The summed E-state index contributed by atoms with van der Waals surface area (Å²) < 4.78 is 12.1. The van der Waals surface area contributed by atoms with Gasteiger partial charge < -0.3 is 14.4 Å². The van der Waals surface area contributed by atoms with E-state index in [2.05, 4.69) is 16.4 Å². The van der Waals surface area contributed by atoms with Crippen molar-refractivity contribution >= 4 is 38.8 Å². The fourth-order valence-electron chi connectivity index (χ4n) is 4.07. The van der Waals surface area contributed by atoms with Crippen LogP contribution in [0, 0.1) is 0 Å². The van der Waals surface area contributed by atoms with Crippen molar-refractivity contribution in [2.75, 3.05) is 20.8 Å². The highest BCUT2D eigenvalue weighted by atomic mass is 32.1. The summed E-state index contributed by atoms with van der Waals surface area (Å²) in [6, 6.07) is 13.8. The van der Waals surface area contributed by atoms with Gasteiger partial charge in [0.2, 0.25) is 0 Å². The van der Waals surface area contributed by atoms with Crippen LogP contribution in [-0.4, -0.2) is 36.6 Å². The summed E-state index contributed by atoms with van der Waals surface area (Å²) in [5, 5.41) is 2.05. The van der Waals surface area contributed by atoms with Crippen LogP contribution in [0.1, 0.15) is 32.4 Å². The first-order chi connectivity index (χ1) is 14.7. The van der Waals surface area contributed by atoms with Gasteiger partial charge in [-0.3, -0.25) is 4.79 Å². The fourth-order valence-corrected chi connectivity index (χ4v) is 5.64. The minimum absolute atomic E-state index is 0.0316. The quantitative estimate of drug-likeness (QED) is 0.443. The van der Waals surface area contributed by atoms with Crippen molar-refractivity contribution < 1.29 is 14.3 Å². The van der Waals surface area contributed by atoms with Gasteiger partial charge in [0.1, 0.15) is 0 Å². The van der Waals surface area contributed by atoms with Crippen LogP contribution in [0.4, 0.5) is 0 Å². The lowest BCUT2D eigenvalue weighted by Crippen LogP contribution is -2.40. The first-order valence-electron chi connectivity index (χ1n) is 9.62. The molecule has 4 aromatic rings. The van der Waals surface area contributed by atoms with Gasteiger partial charge in [-0.15, -0.1) is 22.7 Å². The number of rotatable bonds is 4. The number of ether oxygens (including phenoxy) is 2. The second-order valence-electron chi connectivity index (χ2n) is 7.11. The van der Waals surface area contributed by atoms with Crippen LogP contribution in [0.5, 0.6) is 11.5 Å². The standard InChI is InChI=1S/C23H20N2O3S2/c1-27-18-10-14-7-8-25(23(26)15-5-6-17-21(11-15)30-13-24-17)22(20-4-3-9-29-20)16(14)12-19(18)28-2/h3-6,9-13,22H,7-8H2,1-2H3. The Morgan fingerprint density at radius 1 is 1.10 bits per heavy atom. The van der Waals surface area contributed by atoms with Crippen LogP contribution in [0.15, 0.2) is 53.4 Å². The van der Waals surface area contributed by atoms with Crippen molar-refractivity contribution in [2.45, 2.75) is 12.5 Å². The van der Waals surface area contributed by atoms with Crippen LogP contribution in [0.2, 0.25) is 0 Å². The van der Waals surface area contributed by atoms with Gasteiger partial charge in [-0.1, -0.05) is 6.07 Å². The third-order valence-corrected chi connectivity index (χ3v) is 7.24. The highest BCUT2D eigenvalue weighted by Gasteiger charge is 2.34. The van der Waals surface area contributed by atoms with E-state index in [4.69, 9.17) is 9.47 Å². The van der Waals surface area contributed by atoms with Gasteiger partial charge in [-0.2, -0.15) is 0 Å². The summed E-state index contributed by atoms with van der Waals surface area (Å²) in [6.07, 6.45) is 0.770. The van der Waals surface area contributed by atoms with Crippen molar-refractivity contribution in [3.63, 3.8) is 0 Å². The second kappa shape index (κ2) is 7.74. The lowest BCUT2D eigenvalue weighted by molar-refractivity contribution is 0.0697. The molecular weight excluding hydrogens is 416 g/mol. The number of thiazole rings is 1. The summed E-state index contributed by atoms with van der Waals surface area (Å²) in [5.74, 6) is 1.43. The molecule has 0 N–H and O–H groups in total. The Bertz CT molecular complexity index is 1220. The Kier molecular flexibility index (Phi) is 4.92. The third-order valence-electron chi connectivity index (χ3n) is 5.53. The molecule has 0 bridgehead atoms. The molecule has 0 spiro atoms. The topological polar surface area (TPSA) is 51.7 Å². The van der Waals surface area contributed by atoms with Crippen LogP contribution in [0.25, 0.3) is 10.2 Å². The molecule has 1 unspecified atom stereocenters. The van der Waals surface area contributed by atoms with Crippen LogP contribution in [-0.2, 0) is 6.42 Å². The van der Waals surface area contributed by atoms with E-state index in [0.717, 1.165) is 32.8 Å². The molecule has 5 nitrogen and oxygen atoms in total. The zero-order chi connectivity index (χ0) is 20.7. The number of carbonyl (C=O) groups excluding carboxylic acids is 1. The summed E-state index contributed by atoms with van der Waals surface area (Å²) in [6.45, 7) is 0.643. The van der Waals surface area contributed by atoms with Crippen molar-refractivity contribution in [3.8, 4) is 11.5 Å². The summed E-state index contributed by atoms with van der Waals surface area (Å²) >= 11 is 3.21. The lowest BCUT2D eigenvalue weighted by Gasteiger charge is -2.37. The predicted molar refractivity (Wildman–Crippen MR) is 120 cm³/mol. The number of aromatic nitrogens is 1. The van der Waals surface area contributed by atoms with Gasteiger partial charge in [-0.05, 0) is 59.3 Å². The number of hydrogen-bond acceptors (Lipinski definition) is 6. The Morgan fingerprint density at radius 2 is 1.93 bits per heavy atom. The fraction of sp³-hybridized carbons (Fsp3) is 0.217. The second-order valence-corrected chi connectivity index (χ2v) is 8.97. The predicted octanol–water partition coefficient (Wildman–Crippen LogP) is 5.16. The number of benzene rings is 2. The van der Waals surface area contributed by atoms with Gasteiger partial charge in [-0.25, -0.2) is 4.98 Å². The van der Waals surface area contributed by atoms with Crippen molar-refractivity contribution in [2.24, 2.45) is 0 Å². The SMILES string of the molecule is COc1cc2c(cc1OC)C(c1cccs1)N(C(=O)c1ccc3ncsc3c1)CC2. The molecule has 7 heteroatoms. The normalized spacial score (nSPS) is 15.8. The molecule has 5 rings (SSSR count). The van der Waals surface area contributed by atoms with Gasteiger partial charge in [0.25, 0.3) is 5.91 Å². The molecule has 2 aromatic carbocycles. The number of hydrogen-bond donors (Lipinski definition) is 0. The molecule has 1 amide bonds. The molecule has 152 valence electrons. The van der Waals surface area contributed by atoms with Crippen LogP contribution >= 0.6 is 22.7 Å². The molecule has 0 fully saturated rings. The molecule has 0 saturated heterocycles. The Hall–Kier alpha value is -2.90. The van der Waals surface area contributed by atoms with E-state index in [1.807, 2.05) is 46.8 Å². The van der Waals surface area contributed by atoms with Gasteiger partial charge >= 0.3 is 0 Å². The van der Waals surface area contributed by atoms with Crippen molar-refractivity contribution in [1.29, 1.82) is 0 Å². The smallest absolute Gasteiger partial charge is 0.254 e. The first kappa shape index (κ1) is 19.1. The summed E-state index contributed by atoms with van der Waals surface area (Å²) in [4.78, 5) is 21.0. The molecule has 3 heterocycles. The van der Waals surface area contributed by atoms with Gasteiger partial charge in [0, 0.05) is 17.0 Å². The molecule has 0 aliphatic carbocycles. The van der Waals surface area contributed by atoms with E-state index >= 15 is 0 Å². The highest BCUT2D eigenvalue weighted by Crippen LogP contribution is 2.42. The molecule has 0 radical (unpaired) electrons.